The van der Waals surface area contributed by atoms with Gasteiger partial charge in [0.25, 0.3) is 0 Å². The number of esters is 1. The lowest BCUT2D eigenvalue weighted by molar-refractivity contribution is 0.0471. The summed E-state index contributed by atoms with van der Waals surface area (Å²) in [6.45, 7) is 3.91. The molecule has 0 unspecified atom stereocenters. The zero-order valence-electron chi connectivity index (χ0n) is 13.4. The third kappa shape index (κ3) is 3.16. The third-order valence-corrected chi connectivity index (χ3v) is 4.11. The van der Waals surface area contributed by atoms with Crippen LogP contribution in [-0.4, -0.2) is 20.7 Å². The van der Waals surface area contributed by atoms with Crippen molar-refractivity contribution < 1.29 is 9.53 Å². The summed E-state index contributed by atoms with van der Waals surface area (Å²) in [6.07, 6.45) is 3.11. The number of nitrogens with zero attached hydrogens (tertiary/aromatic N) is 3. The number of carbonyl (C=O) groups excluding carboxylic acids is 1. The largest absolute Gasteiger partial charge is 0.457 e. The van der Waals surface area contributed by atoms with E-state index in [0.29, 0.717) is 16.3 Å². The summed E-state index contributed by atoms with van der Waals surface area (Å²) < 4.78 is 7.08. The molecule has 2 aromatic heterocycles. The number of carbonyl (C=O) groups is 1. The molecule has 0 spiro atoms. The number of hydrogen-bond acceptors (Lipinski definition) is 4. The van der Waals surface area contributed by atoms with Crippen molar-refractivity contribution in [3.05, 3.63) is 76.3 Å². The first-order valence-electron chi connectivity index (χ1n) is 7.45. The second kappa shape index (κ2) is 6.84. The van der Waals surface area contributed by atoms with Crippen LogP contribution in [0.2, 0.25) is 5.15 Å². The summed E-state index contributed by atoms with van der Waals surface area (Å²) in [5.41, 5.74) is 3.83. The Labute approximate surface area is 144 Å². The van der Waals surface area contributed by atoms with Crippen LogP contribution in [0.4, 0.5) is 0 Å². The van der Waals surface area contributed by atoms with Crippen molar-refractivity contribution in [3.63, 3.8) is 0 Å². The maximum Gasteiger partial charge on any atom is 0.341 e. The minimum absolute atomic E-state index is 0.0699. The molecule has 2 heterocycles. The molecule has 0 aliphatic heterocycles. The van der Waals surface area contributed by atoms with E-state index >= 15 is 0 Å². The highest BCUT2D eigenvalue weighted by molar-refractivity contribution is 6.30. The second-order valence-electron chi connectivity index (χ2n) is 5.37. The number of ether oxygens (including phenoxy) is 1. The number of hydrogen-bond donors (Lipinski definition) is 0. The molecule has 0 N–H and O–H groups in total. The average molecular weight is 342 g/mol. The molecule has 0 aliphatic carbocycles. The predicted molar refractivity (Wildman–Crippen MR) is 91.4 cm³/mol. The Bertz CT molecular complexity index is 889. The van der Waals surface area contributed by atoms with E-state index in [1.807, 2.05) is 38.1 Å². The van der Waals surface area contributed by atoms with Crippen molar-refractivity contribution in [2.24, 2.45) is 0 Å². The van der Waals surface area contributed by atoms with E-state index in [9.17, 15) is 4.79 Å². The number of halogens is 1. The van der Waals surface area contributed by atoms with E-state index < -0.39 is 5.97 Å². The first kappa shape index (κ1) is 16.2. The van der Waals surface area contributed by atoms with Gasteiger partial charge in [-0.2, -0.15) is 5.10 Å². The van der Waals surface area contributed by atoms with Crippen LogP contribution in [-0.2, 0) is 11.3 Å². The highest BCUT2D eigenvalue weighted by Crippen LogP contribution is 2.19. The van der Waals surface area contributed by atoms with Gasteiger partial charge in [-0.15, -0.1) is 0 Å². The van der Waals surface area contributed by atoms with Crippen molar-refractivity contribution in [3.8, 4) is 5.69 Å². The Morgan fingerprint density at radius 1 is 1.21 bits per heavy atom. The lowest BCUT2D eigenvalue weighted by Crippen LogP contribution is -2.08. The molecular weight excluding hydrogens is 326 g/mol. The van der Waals surface area contributed by atoms with Gasteiger partial charge in [-0.05, 0) is 31.5 Å². The van der Waals surface area contributed by atoms with Crippen molar-refractivity contribution in [2.45, 2.75) is 20.5 Å². The van der Waals surface area contributed by atoms with Gasteiger partial charge in [-0.1, -0.05) is 35.9 Å². The highest BCUT2D eigenvalue weighted by Gasteiger charge is 2.17. The van der Waals surface area contributed by atoms with Gasteiger partial charge in [-0.25, -0.2) is 14.5 Å². The van der Waals surface area contributed by atoms with Crippen molar-refractivity contribution in [1.82, 2.24) is 14.8 Å². The second-order valence-corrected chi connectivity index (χ2v) is 5.73. The van der Waals surface area contributed by atoms with E-state index in [1.54, 1.807) is 23.0 Å². The van der Waals surface area contributed by atoms with Gasteiger partial charge < -0.3 is 4.74 Å². The molecule has 0 radical (unpaired) electrons. The van der Waals surface area contributed by atoms with Gasteiger partial charge in [-0.3, -0.25) is 0 Å². The van der Waals surface area contributed by atoms with Crippen molar-refractivity contribution in [1.29, 1.82) is 0 Å². The van der Waals surface area contributed by atoms with E-state index in [2.05, 4.69) is 10.1 Å². The van der Waals surface area contributed by atoms with Crippen molar-refractivity contribution in [2.75, 3.05) is 0 Å². The van der Waals surface area contributed by atoms with Crippen LogP contribution in [0.1, 0.15) is 27.2 Å². The summed E-state index contributed by atoms with van der Waals surface area (Å²) in [5.74, 6) is -0.438. The summed E-state index contributed by atoms with van der Waals surface area (Å²) in [4.78, 5) is 16.3. The maximum absolute atomic E-state index is 12.3. The molecule has 6 heteroatoms. The maximum atomic E-state index is 12.3. The summed E-state index contributed by atoms with van der Waals surface area (Å²) in [7, 11) is 0. The van der Waals surface area contributed by atoms with Gasteiger partial charge >= 0.3 is 5.97 Å². The molecule has 24 heavy (non-hydrogen) atoms. The summed E-state index contributed by atoms with van der Waals surface area (Å²) in [6, 6.07) is 11.4. The fraction of sp³-hybridized carbons (Fsp3) is 0.167. The number of aromatic nitrogens is 3. The first-order valence-corrected chi connectivity index (χ1v) is 7.83. The quantitative estimate of drug-likeness (QED) is 0.533. The van der Waals surface area contributed by atoms with Crippen LogP contribution in [0.15, 0.2) is 48.8 Å². The summed E-state index contributed by atoms with van der Waals surface area (Å²) >= 11 is 5.97. The Morgan fingerprint density at radius 2 is 2.00 bits per heavy atom. The fourth-order valence-electron chi connectivity index (χ4n) is 2.40. The Hall–Kier alpha value is -2.66. The van der Waals surface area contributed by atoms with Gasteiger partial charge in [0.15, 0.2) is 0 Å². The van der Waals surface area contributed by atoms with Gasteiger partial charge in [0.05, 0.1) is 17.6 Å². The molecule has 1 aromatic carbocycles. The Kier molecular flexibility index (Phi) is 4.62. The molecule has 0 aliphatic rings. The molecule has 0 saturated heterocycles. The summed E-state index contributed by atoms with van der Waals surface area (Å²) in [5, 5.41) is 4.65. The van der Waals surface area contributed by atoms with Crippen LogP contribution < -0.4 is 0 Å². The standard InChI is InChI=1S/C18H16ClN3O2/c1-12-6-3-4-8-16(12)22-13(2)15(10-21-22)18(23)24-11-14-7-5-9-20-17(14)19/h3-10H,11H2,1-2H3. The first-order chi connectivity index (χ1) is 11.6. The molecule has 5 nitrogen and oxygen atoms in total. The molecule has 0 bridgehead atoms. The number of benzene rings is 1. The van der Waals surface area contributed by atoms with E-state index in [4.69, 9.17) is 16.3 Å². The molecule has 3 aromatic rings. The van der Waals surface area contributed by atoms with Crippen LogP contribution in [0.5, 0.6) is 0 Å². The number of aryl methyl sites for hydroxylation is 1. The van der Waals surface area contributed by atoms with Gasteiger partial charge in [0.1, 0.15) is 17.3 Å². The third-order valence-electron chi connectivity index (χ3n) is 3.77. The van der Waals surface area contributed by atoms with Crippen LogP contribution in [0.3, 0.4) is 0 Å². The van der Waals surface area contributed by atoms with Crippen molar-refractivity contribution >= 4 is 17.6 Å². The average Bonchev–Trinajstić information content (AvgIpc) is 2.96. The lowest BCUT2D eigenvalue weighted by Gasteiger charge is -2.09. The number of rotatable bonds is 4. The predicted octanol–water partition coefficient (Wildman–Crippen LogP) is 3.89. The highest BCUT2D eigenvalue weighted by atomic mass is 35.5. The Balaban J connectivity index is 1.80. The van der Waals surface area contributed by atoms with Gasteiger partial charge in [0, 0.05) is 11.8 Å². The minimum Gasteiger partial charge on any atom is -0.457 e. The molecule has 0 amide bonds. The van der Waals surface area contributed by atoms with Gasteiger partial charge in [0.2, 0.25) is 0 Å². The molecule has 0 atom stereocenters. The lowest BCUT2D eigenvalue weighted by atomic mass is 10.2. The van der Waals surface area contributed by atoms with E-state index in [1.165, 1.54) is 6.20 Å². The Morgan fingerprint density at radius 3 is 2.75 bits per heavy atom. The topological polar surface area (TPSA) is 57.0 Å². The number of para-hydroxylation sites is 1. The monoisotopic (exact) mass is 341 g/mol. The number of pyridine rings is 1. The molecule has 0 saturated carbocycles. The smallest absolute Gasteiger partial charge is 0.341 e. The van der Waals surface area contributed by atoms with Crippen LogP contribution >= 0.6 is 11.6 Å². The van der Waals surface area contributed by atoms with Crippen LogP contribution in [0, 0.1) is 13.8 Å². The normalized spacial score (nSPS) is 10.6. The fourth-order valence-corrected chi connectivity index (χ4v) is 2.58. The zero-order valence-corrected chi connectivity index (χ0v) is 14.1. The van der Waals surface area contributed by atoms with Crippen LogP contribution in [0.25, 0.3) is 5.69 Å². The molecule has 3 rings (SSSR count). The SMILES string of the molecule is Cc1ccccc1-n1ncc(C(=O)OCc2cccnc2Cl)c1C. The van der Waals surface area contributed by atoms with E-state index in [-0.39, 0.29) is 6.61 Å². The zero-order chi connectivity index (χ0) is 17.1. The molecular formula is C18H16ClN3O2. The van der Waals surface area contributed by atoms with E-state index in [0.717, 1.165) is 16.9 Å². The molecule has 122 valence electrons. The molecule has 0 fully saturated rings. The minimum atomic E-state index is -0.438.